The van der Waals surface area contributed by atoms with Crippen LogP contribution in [0.3, 0.4) is 0 Å². The van der Waals surface area contributed by atoms with Crippen molar-refractivity contribution < 1.29 is 0 Å². The van der Waals surface area contributed by atoms with E-state index in [0.717, 1.165) is 22.0 Å². The molecule has 2 unspecified atom stereocenters. The average molecular weight is 352 g/mol. The molecule has 0 aromatic heterocycles. The summed E-state index contributed by atoms with van der Waals surface area (Å²) < 4.78 is 1.07. The molecule has 0 bridgehead atoms. The molecule has 2 aromatic carbocycles. The number of halogens is 2. The van der Waals surface area contributed by atoms with Gasteiger partial charge in [-0.3, -0.25) is 0 Å². The van der Waals surface area contributed by atoms with Crippen LogP contribution < -0.4 is 0 Å². The molecule has 0 aliphatic carbocycles. The summed E-state index contributed by atoms with van der Waals surface area (Å²) in [4.78, 5) is 0. The smallest absolute Gasteiger partial charge is 0.0846 e. The maximum absolute atomic E-state index is 6.63. The van der Waals surface area contributed by atoms with Crippen molar-refractivity contribution in [2.75, 3.05) is 0 Å². The van der Waals surface area contributed by atoms with Crippen molar-refractivity contribution in [2.45, 2.75) is 38.5 Å². The van der Waals surface area contributed by atoms with E-state index < -0.39 is 0 Å². The Morgan fingerprint density at radius 3 is 2.20 bits per heavy atom. The van der Waals surface area contributed by atoms with Gasteiger partial charge in [-0.15, -0.1) is 11.6 Å². The molecule has 0 amide bonds. The van der Waals surface area contributed by atoms with Gasteiger partial charge in [0.25, 0.3) is 0 Å². The quantitative estimate of drug-likeness (QED) is 0.544. The molecule has 20 heavy (non-hydrogen) atoms. The largest absolute Gasteiger partial charge is 0.113 e. The van der Waals surface area contributed by atoms with Crippen LogP contribution in [0.15, 0.2) is 46.9 Å². The molecule has 2 heteroatoms. The summed E-state index contributed by atoms with van der Waals surface area (Å²) in [5.74, 6) is 0.601. The predicted molar refractivity (Wildman–Crippen MR) is 91.7 cm³/mol. The molecule has 0 aliphatic heterocycles. The van der Waals surface area contributed by atoms with Crippen molar-refractivity contribution >= 4 is 27.5 Å². The lowest BCUT2D eigenvalue weighted by Crippen LogP contribution is -1.97. The van der Waals surface area contributed by atoms with Crippen LogP contribution in [0.1, 0.15) is 53.8 Å². The minimum atomic E-state index is -0.115. The van der Waals surface area contributed by atoms with E-state index in [1.54, 1.807) is 0 Å². The summed E-state index contributed by atoms with van der Waals surface area (Å²) in [6.07, 6.45) is 1.16. The molecule has 0 fully saturated rings. The normalized spacial score (nSPS) is 14.1. The lowest BCUT2D eigenvalue weighted by molar-refractivity contribution is 0.733. The Hall–Kier alpha value is -0.790. The highest BCUT2D eigenvalue weighted by atomic mass is 79.9. The highest BCUT2D eigenvalue weighted by molar-refractivity contribution is 9.10. The second kappa shape index (κ2) is 6.78. The van der Waals surface area contributed by atoms with E-state index in [-0.39, 0.29) is 5.38 Å². The van der Waals surface area contributed by atoms with E-state index >= 15 is 0 Å². The molecule has 0 heterocycles. The fraction of sp³-hybridized carbons (Fsp3) is 0.333. The first-order chi connectivity index (χ1) is 9.52. The predicted octanol–water partition coefficient (Wildman–Crippen LogP) is 6.60. The SMILES string of the molecule is CCC(C)c1ccc(C(Cl)c2ccc(C)cc2Br)cc1. The van der Waals surface area contributed by atoms with Crippen molar-refractivity contribution in [3.8, 4) is 0 Å². The monoisotopic (exact) mass is 350 g/mol. The van der Waals surface area contributed by atoms with Crippen LogP contribution in [0.25, 0.3) is 0 Å². The summed E-state index contributed by atoms with van der Waals surface area (Å²) in [6, 6.07) is 15.0. The Morgan fingerprint density at radius 1 is 1.05 bits per heavy atom. The molecule has 0 N–H and O–H groups in total. The zero-order chi connectivity index (χ0) is 14.7. The number of hydrogen-bond donors (Lipinski definition) is 0. The second-order valence-electron chi connectivity index (χ2n) is 5.36. The van der Waals surface area contributed by atoms with E-state index in [0.29, 0.717) is 5.92 Å². The molecule has 106 valence electrons. The number of alkyl halides is 1. The first kappa shape index (κ1) is 15.6. The van der Waals surface area contributed by atoms with Crippen molar-refractivity contribution in [2.24, 2.45) is 0 Å². The van der Waals surface area contributed by atoms with Gasteiger partial charge in [0, 0.05) is 4.47 Å². The molecule has 0 radical (unpaired) electrons. The van der Waals surface area contributed by atoms with Crippen molar-refractivity contribution in [3.05, 3.63) is 69.2 Å². The number of aryl methyl sites for hydroxylation is 1. The highest BCUT2D eigenvalue weighted by Crippen LogP contribution is 2.34. The Morgan fingerprint density at radius 2 is 1.65 bits per heavy atom. The Balaban J connectivity index is 2.26. The van der Waals surface area contributed by atoms with Gasteiger partial charge in [0.05, 0.1) is 5.38 Å². The van der Waals surface area contributed by atoms with Crippen molar-refractivity contribution in [3.63, 3.8) is 0 Å². The van der Waals surface area contributed by atoms with E-state index in [1.165, 1.54) is 11.1 Å². The molecular formula is C18H20BrCl. The minimum absolute atomic E-state index is 0.115. The summed E-state index contributed by atoms with van der Waals surface area (Å²) in [7, 11) is 0. The standard InChI is InChI=1S/C18H20BrCl/c1-4-13(3)14-6-8-15(9-7-14)18(20)16-10-5-12(2)11-17(16)19/h5-11,13,18H,4H2,1-3H3. The van der Waals surface area contributed by atoms with Gasteiger partial charge < -0.3 is 0 Å². The van der Waals surface area contributed by atoms with E-state index in [1.807, 2.05) is 0 Å². The topological polar surface area (TPSA) is 0 Å². The molecule has 2 aromatic rings. The summed E-state index contributed by atoms with van der Waals surface area (Å²) in [6.45, 7) is 6.55. The number of rotatable bonds is 4. The molecule has 2 rings (SSSR count). The molecule has 2 atom stereocenters. The third-order valence-electron chi connectivity index (χ3n) is 3.84. The van der Waals surface area contributed by atoms with Crippen LogP contribution in [-0.2, 0) is 0 Å². The third kappa shape index (κ3) is 3.45. The van der Waals surface area contributed by atoms with Crippen LogP contribution in [0.5, 0.6) is 0 Å². The van der Waals surface area contributed by atoms with Gasteiger partial charge in [0.2, 0.25) is 0 Å². The summed E-state index contributed by atoms with van der Waals surface area (Å²) in [5.41, 5.74) is 4.87. The van der Waals surface area contributed by atoms with Gasteiger partial charge in [-0.2, -0.15) is 0 Å². The fourth-order valence-corrected chi connectivity index (χ4v) is 3.44. The van der Waals surface area contributed by atoms with Crippen LogP contribution in [-0.4, -0.2) is 0 Å². The van der Waals surface area contributed by atoms with Crippen molar-refractivity contribution in [1.82, 2.24) is 0 Å². The van der Waals surface area contributed by atoms with Gasteiger partial charge in [-0.25, -0.2) is 0 Å². The Bertz CT molecular complexity index is 574. The Labute approximate surface area is 135 Å². The zero-order valence-electron chi connectivity index (χ0n) is 12.2. The number of benzene rings is 2. The highest BCUT2D eigenvalue weighted by Gasteiger charge is 2.14. The lowest BCUT2D eigenvalue weighted by Gasteiger charge is -2.15. The molecule has 0 saturated carbocycles. The molecule has 0 spiro atoms. The van der Waals surface area contributed by atoms with Gasteiger partial charge in [0.1, 0.15) is 0 Å². The Kier molecular flexibility index (Phi) is 5.29. The average Bonchev–Trinajstić information content (AvgIpc) is 2.46. The van der Waals surface area contributed by atoms with E-state index in [2.05, 4.69) is 79.2 Å². The first-order valence-electron chi connectivity index (χ1n) is 7.03. The zero-order valence-corrected chi connectivity index (χ0v) is 14.5. The molecule has 0 saturated heterocycles. The first-order valence-corrected chi connectivity index (χ1v) is 8.25. The van der Waals surface area contributed by atoms with Crippen LogP contribution in [0.2, 0.25) is 0 Å². The van der Waals surface area contributed by atoms with E-state index in [4.69, 9.17) is 11.6 Å². The van der Waals surface area contributed by atoms with Crippen molar-refractivity contribution in [1.29, 1.82) is 0 Å². The van der Waals surface area contributed by atoms with Gasteiger partial charge in [-0.1, -0.05) is 66.2 Å². The maximum Gasteiger partial charge on any atom is 0.0846 e. The molecule has 0 nitrogen and oxygen atoms in total. The van der Waals surface area contributed by atoms with Crippen LogP contribution in [0, 0.1) is 6.92 Å². The lowest BCUT2D eigenvalue weighted by atomic mass is 9.95. The van der Waals surface area contributed by atoms with Gasteiger partial charge >= 0.3 is 0 Å². The van der Waals surface area contributed by atoms with Crippen LogP contribution >= 0.6 is 27.5 Å². The summed E-state index contributed by atoms with van der Waals surface area (Å²) >= 11 is 10.2. The summed E-state index contributed by atoms with van der Waals surface area (Å²) in [5, 5.41) is -0.115. The number of hydrogen-bond acceptors (Lipinski definition) is 0. The van der Waals surface area contributed by atoms with Crippen LogP contribution in [0.4, 0.5) is 0 Å². The van der Waals surface area contributed by atoms with Gasteiger partial charge in [0.15, 0.2) is 0 Å². The third-order valence-corrected chi connectivity index (χ3v) is 5.01. The molecule has 0 aliphatic rings. The van der Waals surface area contributed by atoms with E-state index in [9.17, 15) is 0 Å². The maximum atomic E-state index is 6.63. The molecular weight excluding hydrogens is 332 g/mol. The van der Waals surface area contributed by atoms with Gasteiger partial charge in [-0.05, 0) is 47.6 Å². The fourth-order valence-electron chi connectivity index (χ4n) is 2.25. The minimum Gasteiger partial charge on any atom is -0.113 e. The second-order valence-corrected chi connectivity index (χ2v) is 6.65.